The number of unbranched alkanes of at least 4 members (excludes halogenated alkanes) is 2. The highest BCUT2D eigenvalue weighted by Crippen LogP contribution is 2.24. The van der Waals surface area contributed by atoms with Crippen molar-refractivity contribution in [2.75, 3.05) is 5.75 Å². The molecule has 0 saturated carbocycles. The molecule has 7 heteroatoms. The highest BCUT2D eigenvalue weighted by molar-refractivity contribution is 7.99. The summed E-state index contributed by atoms with van der Waals surface area (Å²) in [6.07, 6.45) is 4.48. The third-order valence-electron chi connectivity index (χ3n) is 3.93. The number of nitrogens with zero attached hydrogens (tertiary/aromatic N) is 3. The van der Waals surface area contributed by atoms with Crippen LogP contribution in [0.5, 0.6) is 0 Å². The van der Waals surface area contributed by atoms with Crippen molar-refractivity contribution in [1.29, 1.82) is 0 Å². The zero-order valence-corrected chi connectivity index (χ0v) is 15.8. The summed E-state index contributed by atoms with van der Waals surface area (Å²) in [6.45, 7) is 4.19. The SMILES string of the molecule is CCCCCC(C)NC(=O)CSc1nnc(-c2ccccc2F)n1C. The van der Waals surface area contributed by atoms with E-state index in [1.54, 1.807) is 29.8 Å². The van der Waals surface area contributed by atoms with Crippen molar-refractivity contribution in [2.45, 2.75) is 50.7 Å². The Labute approximate surface area is 152 Å². The van der Waals surface area contributed by atoms with E-state index >= 15 is 0 Å². The van der Waals surface area contributed by atoms with Crippen LogP contribution in [0.4, 0.5) is 4.39 Å². The average molecular weight is 364 g/mol. The third kappa shape index (κ3) is 5.56. The number of aromatic nitrogens is 3. The molecule has 1 unspecified atom stereocenters. The lowest BCUT2D eigenvalue weighted by atomic mass is 10.1. The second-order valence-corrected chi connectivity index (χ2v) is 7.04. The molecule has 0 fully saturated rings. The van der Waals surface area contributed by atoms with Gasteiger partial charge < -0.3 is 9.88 Å². The molecule has 0 bridgehead atoms. The lowest BCUT2D eigenvalue weighted by Gasteiger charge is -2.13. The lowest BCUT2D eigenvalue weighted by Crippen LogP contribution is -2.33. The van der Waals surface area contributed by atoms with Crippen LogP contribution in [0.3, 0.4) is 0 Å². The molecular weight excluding hydrogens is 339 g/mol. The van der Waals surface area contributed by atoms with Gasteiger partial charge in [-0.2, -0.15) is 0 Å². The van der Waals surface area contributed by atoms with Crippen molar-refractivity contribution < 1.29 is 9.18 Å². The van der Waals surface area contributed by atoms with Crippen LogP contribution >= 0.6 is 11.8 Å². The van der Waals surface area contributed by atoms with Crippen molar-refractivity contribution in [3.63, 3.8) is 0 Å². The fourth-order valence-corrected chi connectivity index (χ4v) is 3.26. The zero-order valence-electron chi connectivity index (χ0n) is 15.0. The van der Waals surface area contributed by atoms with Crippen LogP contribution in [0.2, 0.25) is 0 Å². The number of amides is 1. The first kappa shape index (κ1) is 19.4. The van der Waals surface area contributed by atoms with Crippen LogP contribution in [0.15, 0.2) is 29.4 Å². The molecule has 25 heavy (non-hydrogen) atoms. The maximum absolute atomic E-state index is 13.9. The maximum atomic E-state index is 13.9. The molecule has 0 aliphatic carbocycles. The van der Waals surface area contributed by atoms with Gasteiger partial charge in [-0.3, -0.25) is 4.79 Å². The molecule has 1 amide bonds. The molecule has 1 aromatic carbocycles. The second-order valence-electron chi connectivity index (χ2n) is 6.10. The number of thioether (sulfide) groups is 1. The molecule has 5 nitrogen and oxygen atoms in total. The van der Waals surface area contributed by atoms with Gasteiger partial charge in [-0.1, -0.05) is 50.1 Å². The Morgan fingerprint density at radius 3 is 2.80 bits per heavy atom. The first-order valence-electron chi connectivity index (χ1n) is 8.59. The van der Waals surface area contributed by atoms with Crippen molar-refractivity contribution in [1.82, 2.24) is 20.1 Å². The Bertz CT molecular complexity index is 704. The Balaban J connectivity index is 1.90. The molecule has 1 heterocycles. The van der Waals surface area contributed by atoms with E-state index in [9.17, 15) is 9.18 Å². The second kappa shape index (κ2) is 9.56. The van der Waals surface area contributed by atoms with E-state index in [0.717, 1.165) is 12.8 Å². The summed E-state index contributed by atoms with van der Waals surface area (Å²) >= 11 is 1.30. The van der Waals surface area contributed by atoms with E-state index in [0.29, 0.717) is 16.5 Å². The van der Waals surface area contributed by atoms with Gasteiger partial charge >= 0.3 is 0 Å². The monoisotopic (exact) mass is 364 g/mol. The number of rotatable bonds is 9. The Hall–Kier alpha value is -1.89. The van der Waals surface area contributed by atoms with Gasteiger partial charge in [0.25, 0.3) is 0 Å². The van der Waals surface area contributed by atoms with E-state index in [2.05, 4.69) is 22.4 Å². The topological polar surface area (TPSA) is 59.8 Å². The quantitative estimate of drug-likeness (QED) is 0.543. The summed E-state index contributed by atoms with van der Waals surface area (Å²) in [5, 5.41) is 11.7. The van der Waals surface area contributed by atoms with Gasteiger partial charge in [0.05, 0.1) is 11.3 Å². The molecule has 0 aliphatic rings. The van der Waals surface area contributed by atoms with Gasteiger partial charge in [0, 0.05) is 13.1 Å². The zero-order chi connectivity index (χ0) is 18.2. The molecule has 1 N–H and O–H groups in total. The van der Waals surface area contributed by atoms with Gasteiger partial charge in [0.1, 0.15) is 5.82 Å². The van der Waals surface area contributed by atoms with Gasteiger partial charge in [-0.25, -0.2) is 4.39 Å². The minimum Gasteiger partial charge on any atom is -0.353 e. The van der Waals surface area contributed by atoms with Crippen LogP contribution in [-0.4, -0.2) is 32.5 Å². The lowest BCUT2D eigenvalue weighted by molar-refractivity contribution is -0.119. The standard InChI is InChI=1S/C18H25FN4OS/c1-4-5-6-9-13(2)20-16(24)12-25-18-22-21-17(23(18)3)14-10-7-8-11-15(14)19/h7-8,10-11,13H,4-6,9,12H2,1-3H3,(H,20,24). The fraction of sp³-hybridized carbons (Fsp3) is 0.500. The highest BCUT2D eigenvalue weighted by Gasteiger charge is 2.16. The number of carbonyl (C=O) groups excluding carboxylic acids is 1. The first-order chi connectivity index (χ1) is 12.0. The van der Waals surface area contributed by atoms with Crippen molar-refractivity contribution >= 4 is 17.7 Å². The smallest absolute Gasteiger partial charge is 0.230 e. The van der Waals surface area contributed by atoms with E-state index in [-0.39, 0.29) is 23.5 Å². The van der Waals surface area contributed by atoms with E-state index in [1.807, 2.05) is 6.92 Å². The Morgan fingerprint density at radius 2 is 2.08 bits per heavy atom. The summed E-state index contributed by atoms with van der Waals surface area (Å²) in [4.78, 5) is 12.1. The van der Waals surface area contributed by atoms with Crippen molar-refractivity contribution in [3.8, 4) is 11.4 Å². The number of nitrogens with one attached hydrogen (secondary N) is 1. The van der Waals surface area contributed by atoms with E-state index < -0.39 is 0 Å². The third-order valence-corrected chi connectivity index (χ3v) is 4.95. The number of halogens is 1. The number of benzene rings is 1. The summed E-state index contributed by atoms with van der Waals surface area (Å²) in [5.74, 6) is 0.355. The molecule has 1 atom stereocenters. The molecule has 0 spiro atoms. The van der Waals surface area contributed by atoms with E-state index in [4.69, 9.17) is 0 Å². The van der Waals surface area contributed by atoms with Crippen LogP contribution in [-0.2, 0) is 11.8 Å². The van der Waals surface area contributed by atoms with Gasteiger partial charge in [-0.15, -0.1) is 10.2 Å². The number of hydrogen-bond acceptors (Lipinski definition) is 4. The summed E-state index contributed by atoms with van der Waals surface area (Å²) in [6, 6.07) is 6.63. The molecule has 136 valence electrons. The largest absolute Gasteiger partial charge is 0.353 e. The maximum Gasteiger partial charge on any atom is 0.230 e. The first-order valence-corrected chi connectivity index (χ1v) is 9.58. The average Bonchev–Trinajstić information content (AvgIpc) is 2.94. The predicted molar refractivity (Wildman–Crippen MR) is 98.9 cm³/mol. The van der Waals surface area contributed by atoms with Gasteiger partial charge in [0.2, 0.25) is 5.91 Å². The van der Waals surface area contributed by atoms with E-state index in [1.165, 1.54) is 30.7 Å². The van der Waals surface area contributed by atoms with Gasteiger partial charge in [-0.05, 0) is 25.5 Å². The molecule has 2 rings (SSSR count). The predicted octanol–water partition coefficient (Wildman–Crippen LogP) is 3.80. The Kier molecular flexibility index (Phi) is 7.43. The van der Waals surface area contributed by atoms with Crippen LogP contribution in [0, 0.1) is 5.82 Å². The molecule has 1 aromatic heterocycles. The highest BCUT2D eigenvalue weighted by atomic mass is 32.2. The van der Waals surface area contributed by atoms with Crippen molar-refractivity contribution in [3.05, 3.63) is 30.1 Å². The minimum absolute atomic E-state index is 0.0237. The number of carbonyl (C=O) groups is 1. The fourth-order valence-electron chi connectivity index (χ4n) is 2.54. The van der Waals surface area contributed by atoms with Crippen molar-refractivity contribution in [2.24, 2.45) is 7.05 Å². The summed E-state index contributed by atoms with van der Waals surface area (Å²) < 4.78 is 15.6. The molecule has 0 radical (unpaired) electrons. The van der Waals surface area contributed by atoms with Crippen LogP contribution in [0.25, 0.3) is 11.4 Å². The molecule has 0 saturated heterocycles. The minimum atomic E-state index is -0.340. The summed E-state index contributed by atoms with van der Waals surface area (Å²) in [7, 11) is 1.77. The molecule has 0 aliphatic heterocycles. The summed E-state index contributed by atoms with van der Waals surface area (Å²) in [5.41, 5.74) is 0.401. The molecular formula is C18H25FN4OS. The van der Waals surface area contributed by atoms with Crippen LogP contribution in [0.1, 0.15) is 39.5 Å². The Morgan fingerprint density at radius 1 is 1.32 bits per heavy atom. The molecule has 2 aromatic rings. The number of hydrogen-bond donors (Lipinski definition) is 1. The van der Waals surface area contributed by atoms with Crippen LogP contribution < -0.4 is 5.32 Å². The normalized spacial score (nSPS) is 12.2. The van der Waals surface area contributed by atoms with Gasteiger partial charge in [0.15, 0.2) is 11.0 Å².